The van der Waals surface area contributed by atoms with Gasteiger partial charge in [-0.05, 0) is 97.2 Å². The molecule has 3 saturated carbocycles. The highest BCUT2D eigenvalue weighted by Gasteiger charge is 2.59. The third-order valence-electron chi connectivity index (χ3n) is 12.0. The molecule has 0 spiro atoms. The lowest BCUT2D eigenvalue weighted by atomic mass is 9.47. The summed E-state index contributed by atoms with van der Waals surface area (Å²) < 4.78 is 5.61. The number of carbonyl (C=O) groups excluding carboxylic acids is 3. The van der Waals surface area contributed by atoms with Crippen molar-refractivity contribution in [2.24, 2.45) is 52.3 Å². The number of hydroxylamine groups is 2. The van der Waals surface area contributed by atoms with Crippen LogP contribution in [0.2, 0.25) is 0 Å². The number of carbonyl (C=O) groups is 3. The standard InChI is InChI=1S/C33H49NO5/c1-20(2)21(3)7-8-22(4)26-11-12-27-25-10-9-23-19-24(38-31(37)39-34-29(35)13-14-30(34)36)15-17-32(23,5)28(25)16-18-33(26,27)6/h7-9,20-22,24-28H,10-19H2,1-6H3/b8-7+/t21-,22+,24-,25-,26+,27-,28-,32-,33+/m0/s1. The van der Waals surface area contributed by atoms with E-state index in [0.29, 0.717) is 34.1 Å². The SMILES string of the molecule is CC(C)[C@@H](C)/C=C/[C@@H](C)[C@H]1CC[C@H]2[C@@H]3CC=C4C[C@@H](OC(=O)ON5C(=O)CCC5=O)CC[C@]4(C)[C@H]3CC[C@]12C. The molecule has 6 heteroatoms. The minimum Gasteiger partial charge on any atom is -0.429 e. The normalized spacial score (nSPS) is 39.7. The molecule has 5 rings (SSSR count). The molecule has 0 unspecified atom stereocenters. The minimum absolute atomic E-state index is 0.0804. The van der Waals surface area contributed by atoms with Crippen LogP contribution in [0.4, 0.5) is 4.79 Å². The van der Waals surface area contributed by atoms with E-state index >= 15 is 0 Å². The topological polar surface area (TPSA) is 72.9 Å². The third kappa shape index (κ3) is 5.10. The number of hydrogen-bond acceptors (Lipinski definition) is 5. The van der Waals surface area contributed by atoms with Crippen LogP contribution in [0.1, 0.15) is 106 Å². The van der Waals surface area contributed by atoms with Crippen LogP contribution < -0.4 is 0 Å². The van der Waals surface area contributed by atoms with Gasteiger partial charge in [0.15, 0.2) is 0 Å². The molecule has 5 aliphatic rings. The molecule has 9 atom stereocenters. The average molecular weight is 540 g/mol. The van der Waals surface area contributed by atoms with Crippen molar-refractivity contribution in [3.63, 3.8) is 0 Å². The molecule has 2 amide bonds. The third-order valence-corrected chi connectivity index (χ3v) is 12.0. The highest BCUT2D eigenvalue weighted by molar-refractivity contribution is 6.01. The maximum atomic E-state index is 12.4. The monoisotopic (exact) mass is 539 g/mol. The first-order valence-electron chi connectivity index (χ1n) is 15.6. The Morgan fingerprint density at radius 1 is 0.974 bits per heavy atom. The fraction of sp³-hybridized carbons (Fsp3) is 0.788. The molecule has 1 heterocycles. The second-order valence-electron chi connectivity index (χ2n) is 14.2. The molecule has 0 aromatic rings. The van der Waals surface area contributed by atoms with Gasteiger partial charge in [-0.2, -0.15) is 0 Å². The quantitative estimate of drug-likeness (QED) is 0.197. The fourth-order valence-electron chi connectivity index (χ4n) is 9.23. The van der Waals surface area contributed by atoms with E-state index in [0.717, 1.165) is 43.4 Å². The van der Waals surface area contributed by atoms with Gasteiger partial charge < -0.3 is 4.74 Å². The maximum absolute atomic E-state index is 12.4. The second-order valence-corrected chi connectivity index (χ2v) is 14.2. The Hall–Kier alpha value is -2.11. The van der Waals surface area contributed by atoms with Crippen molar-refractivity contribution in [3.05, 3.63) is 23.8 Å². The lowest BCUT2D eigenvalue weighted by Gasteiger charge is -2.58. The number of ether oxygens (including phenoxy) is 1. The molecule has 6 nitrogen and oxygen atoms in total. The largest absolute Gasteiger partial charge is 0.534 e. The van der Waals surface area contributed by atoms with Crippen LogP contribution in [0.5, 0.6) is 0 Å². The van der Waals surface area contributed by atoms with Crippen LogP contribution in [0, 0.1) is 52.3 Å². The van der Waals surface area contributed by atoms with Gasteiger partial charge in [0.1, 0.15) is 6.10 Å². The van der Waals surface area contributed by atoms with Gasteiger partial charge in [0.2, 0.25) is 0 Å². The van der Waals surface area contributed by atoms with Crippen LogP contribution in [0.3, 0.4) is 0 Å². The fourth-order valence-corrected chi connectivity index (χ4v) is 9.23. The van der Waals surface area contributed by atoms with Crippen molar-refractivity contribution in [2.75, 3.05) is 0 Å². The zero-order valence-electron chi connectivity index (χ0n) is 24.9. The van der Waals surface area contributed by atoms with E-state index in [9.17, 15) is 14.4 Å². The van der Waals surface area contributed by atoms with Gasteiger partial charge in [-0.3, -0.25) is 14.4 Å². The predicted molar refractivity (Wildman–Crippen MR) is 150 cm³/mol. The van der Waals surface area contributed by atoms with Gasteiger partial charge in [0.25, 0.3) is 11.8 Å². The molecule has 39 heavy (non-hydrogen) atoms. The summed E-state index contributed by atoms with van der Waals surface area (Å²) in [6.45, 7) is 14.5. The van der Waals surface area contributed by atoms with Crippen molar-refractivity contribution >= 4 is 18.0 Å². The van der Waals surface area contributed by atoms with Crippen LogP contribution in [0.25, 0.3) is 0 Å². The first kappa shape index (κ1) is 28.4. The minimum atomic E-state index is -0.946. The van der Waals surface area contributed by atoms with Crippen LogP contribution in [-0.4, -0.2) is 29.1 Å². The van der Waals surface area contributed by atoms with E-state index in [4.69, 9.17) is 9.57 Å². The summed E-state index contributed by atoms with van der Waals surface area (Å²) in [5.41, 5.74) is 2.01. The lowest BCUT2D eigenvalue weighted by molar-refractivity contribution is -0.179. The van der Waals surface area contributed by atoms with E-state index in [1.54, 1.807) is 0 Å². The Balaban J connectivity index is 1.23. The molecule has 1 saturated heterocycles. The Morgan fingerprint density at radius 2 is 1.69 bits per heavy atom. The van der Waals surface area contributed by atoms with Crippen molar-refractivity contribution in [1.82, 2.24) is 5.06 Å². The lowest BCUT2D eigenvalue weighted by Crippen LogP contribution is -2.51. The molecule has 0 bridgehead atoms. The number of hydrogen-bond donors (Lipinski definition) is 0. The van der Waals surface area contributed by atoms with E-state index < -0.39 is 18.0 Å². The molecule has 1 aliphatic heterocycles. The van der Waals surface area contributed by atoms with Crippen LogP contribution in [-0.2, 0) is 19.2 Å². The smallest absolute Gasteiger partial charge is 0.429 e. The molecule has 4 fully saturated rings. The van der Waals surface area contributed by atoms with E-state index in [1.165, 1.54) is 31.3 Å². The Labute approximate surface area is 234 Å². The van der Waals surface area contributed by atoms with E-state index in [2.05, 4.69) is 59.8 Å². The molecule has 0 aromatic heterocycles. The number of allylic oxidation sites excluding steroid dienone is 3. The summed E-state index contributed by atoms with van der Waals surface area (Å²) in [7, 11) is 0. The zero-order chi connectivity index (χ0) is 28.1. The highest BCUT2D eigenvalue weighted by atomic mass is 16.8. The molecule has 0 N–H and O–H groups in total. The Kier molecular flexibility index (Phi) is 7.80. The molecule has 0 radical (unpaired) electrons. The van der Waals surface area contributed by atoms with Crippen molar-refractivity contribution in [2.45, 2.75) is 112 Å². The van der Waals surface area contributed by atoms with Crippen molar-refractivity contribution in [3.8, 4) is 0 Å². The number of fused-ring (bicyclic) bond motifs is 5. The van der Waals surface area contributed by atoms with E-state index in [1.807, 2.05) is 0 Å². The Morgan fingerprint density at radius 3 is 2.38 bits per heavy atom. The molecular formula is C33H49NO5. The summed E-state index contributed by atoms with van der Waals surface area (Å²) in [4.78, 5) is 40.9. The summed E-state index contributed by atoms with van der Waals surface area (Å²) >= 11 is 0. The van der Waals surface area contributed by atoms with Crippen LogP contribution >= 0.6 is 0 Å². The number of rotatable bonds is 6. The molecule has 216 valence electrons. The predicted octanol–water partition coefficient (Wildman–Crippen LogP) is 7.64. The summed E-state index contributed by atoms with van der Waals surface area (Å²) in [6, 6.07) is 0. The summed E-state index contributed by atoms with van der Waals surface area (Å²) in [5, 5.41) is 0.565. The number of amides is 2. The van der Waals surface area contributed by atoms with E-state index in [-0.39, 0.29) is 24.4 Å². The summed E-state index contributed by atoms with van der Waals surface area (Å²) in [6.07, 6.45) is 15.3. The second kappa shape index (κ2) is 10.7. The average Bonchev–Trinajstić information content (AvgIpc) is 3.41. The van der Waals surface area contributed by atoms with Gasteiger partial charge in [0.05, 0.1) is 0 Å². The Bertz CT molecular complexity index is 1030. The van der Waals surface area contributed by atoms with Crippen molar-refractivity contribution < 1.29 is 24.0 Å². The highest BCUT2D eigenvalue weighted by Crippen LogP contribution is 2.67. The zero-order valence-corrected chi connectivity index (χ0v) is 24.9. The number of nitrogens with zero attached hydrogens (tertiary/aromatic N) is 1. The van der Waals surface area contributed by atoms with Crippen molar-refractivity contribution in [1.29, 1.82) is 0 Å². The van der Waals surface area contributed by atoms with Gasteiger partial charge in [-0.1, -0.05) is 70.4 Å². The number of imide groups is 1. The van der Waals surface area contributed by atoms with Crippen LogP contribution in [0.15, 0.2) is 23.8 Å². The van der Waals surface area contributed by atoms with Gasteiger partial charge in [0, 0.05) is 19.3 Å². The molecular weight excluding hydrogens is 490 g/mol. The summed E-state index contributed by atoms with van der Waals surface area (Å²) in [5.74, 6) is 3.95. The maximum Gasteiger partial charge on any atom is 0.534 e. The van der Waals surface area contributed by atoms with Gasteiger partial charge in [-0.25, -0.2) is 4.79 Å². The van der Waals surface area contributed by atoms with Gasteiger partial charge in [-0.15, -0.1) is 0 Å². The first-order valence-corrected chi connectivity index (χ1v) is 15.6. The molecule has 0 aromatic carbocycles. The van der Waals surface area contributed by atoms with Gasteiger partial charge >= 0.3 is 6.16 Å². The molecule has 4 aliphatic carbocycles. The first-order chi connectivity index (χ1) is 18.4.